The Morgan fingerprint density at radius 3 is 3.00 bits per heavy atom. The van der Waals surface area contributed by atoms with Crippen LogP contribution in [0.25, 0.3) is 5.65 Å². The molecule has 0 amide bonds. The summed E-state index contributed by atoms with van der Waals surface area (Å²) in [5, 5.41) is 11.8. The SMILES string of the molecule is CNc1nnc(SC)n2ccnc12. The number of rotatable bonds is 2. The molecule has 0 saturated heterocycles. The van der Waals surface area contributed by atoms with Crippen LogP contribution in [0.5, 0.6) is 0 Å². The zero-order valence-electron chi connectivity index (χ0n) is 7.35. The van der Waals surface area contributed by atoms with Crippen molar-refractivity contribution in [2.45, 2.75) is 5.16 Å². The molecule has 6 heteroatoms. The van der Waals surface area contributed by atoms with Gasteiger partial charge in [0, 0.05) is 19.4 Å². The minimum absolute atomic E-state index is 0.697. The molecule has 0 bridgehead atoms. The van der Waals surface area contributed by atoms with Gasteiger partial charge in [0.2, 0.25) is 0 Å². The number of fused-ring (bicyclic) bond motifs is 1. The summed E-state index contributed by atoms with van der Waals surface area (Å²) in [6, 6.07) is 0. The monoisotopic (exact) mass is 195 g/mol. The number of imidazole rings is 1. The Morgan fingerprint density at radius 2 is 2.31 bits per heavy atom. The molecule has 0 aliphatic carbocycles. The summed E-state index contributed by atoms with van der Waals surface area (Å²) < 4.78 is 1.91. The Hall–Kier alpha value is -1.30. The van der Waals surface area contributed by atoms with Crippen LogP contribution >= 0.6 is 11.8 Å². The first-order valence-corrected chi connectivity index (χ1v) is 5.00. The van der Waals surface area contributed by atoms with Gasteiger partial charge in [0.15, 0.2) is 16.6 Å². The number of thioether (sulfide) groups is 1. The highest BCUT2D eigenvalue weighted by Gasteiger charge is 2.06. The standard InChI is InChI=1S/C7H9N5S/c1-8-5-6-9-3-4-12(6)7(13-2)11-10-5/h3-4H,1-2H3,(H,8,10). The normalized spacial score (nSPS) is 10.6. The number of hydrogen-bond donors (Lipinski definition) is 1. The average molecular weight is 195 g/mol. The van der Waals surface area contributed by atoms with E-state index in [1.807, 2.05) is 16.9 Å². The van der Waals surface area contributed by atoms with E-state index in [1.54, 1.807) is 25.0 Å². The molecule has 0 fully saturated rings. The maximum Gasteiger partial charge on any atom is 0.195 e. The van der Waals surface area contributed by atoms with Gasteiger partial charge < -0.3 is 5.32 Å². The Morgan fingerprint density at radius 1 is 1.46 bits per heavy atom. The van der Waals surface area contributed by atoms with Crippen LogP contribution in [0.2, 0.25) is 0 Å². The first kappa shape index (κ1) is 8.31. The molecule has 0 aliphatic rings. The molecule has 0 saturated carbocycles. The summed E-state index contributed by atoms with van der Waals surface area (Å²) in [7, 11) is 1.80. The predicted octanol–water partition coefficient (Wildman–Crippen LogP) is 0.888. The fourth-order valence-corrected chi connectivity index (χ4v) is 1.59. The quantitative estimate of drug-likeness (QED) is 0.721. The molecule has 0 aromatic carbocycles. The second-order valence-electron chi connectivity index (χ2n) is 2.41. The van der Waals surface area contributed by atoms with E-state index < -0.39 is 0 Å². The van der Waals surface area contributed by atoms with Crippen molar-refractivity contribution >= 4 is 23.2 Å². The molecule has 0 atom stereocenters. The van der Waals surface area contributed by atoms with E-state index in [0.717, 1.165) is 10.8 Å². The van der Waals surface area contributed by atoms with Crippen molar-refractivity contribution < 1.29 is 0 Å². The second-order valence-corrected chi connectivity index (χ2v) is 3.18. The highest BCUT2D eigenvalue weighted by atomic mass is 32.2. The van der Waals surface area contributed by atoms with E-state index in [4.69, 9.17) is 0 Å². The summed E-state index contributed by atoms with van der Waals surface area (Å²) in [5.74, 6) is 0.697. The first-order chi connectivity index (χ1) is 6.36. The number of hydrogen-bond acceptors (Lipinski definition) is 5. The van der Waals surface area contributed by atoms with E-state index in [1.165, 1.54) is 0 Å². The zero-order valence-corrected chi connectivity index (χ0v) is 8.17. The fourth-order valence-electron chi connectivity index (χ4n) is 1.12. The van der Waals surface area contributed by atoms with Crippen LogP contribution in [-0.2, 0) is 0 Å². The molecule has 2 aromatic rings. The van der Waals surface area contributed by atoms with Crippen LogP contribution < -0.4 is 5.32 Å². The molecule has 0 unspecified atom stereocenters. The fraction of sp³-hybridized carbons (Fsp3) is 0.286. The van der Waals surface area contributed by atoms with Crippen LogP contribution in [-0.4, -0.2) is 32.9 Å². The van der Waals surface area contributed by atoms with Crippen molar-refractivity contribution in [3.63, 3.8) is 0 Å². The molecular weight excluding hydrogens is 186 g/mol. The lowest BCUT2D eigenvalue weighted by Gasteiger charge is -2.03. The van der Waals surface area contributed by atoms with Gasteiger partial charge in [-0.25, -0.2) is 4.98 Å². The molecule has 1 N–H and O–H groups in total. The summed E-state index contributed by atoms with van der Waals surface area (Å²) in [6.07, 6.45) is 5.57. The highest BCUT2D eigenvalue weighted by molar-refractivity contribution is 7.98. The van der Waals surface area contributed by atoms with Crippen molar-refractivity contribution in [3.8, 4) is 0 Å². The van der Waals surface area contributed by atoms with Gasteiger partial charge in [-0.2, -0.15) is 0 Å². The lowest BCUT2D eigenvalue weighted by molar-refractivity contribution is 0.812. The number of nitrogens with one attached hydrogen (secondary N) is 1. The van der Waals surface area contributed by atoms with Crippen molar-refractivity contribution in [2.75, 3.05) is 18.6 Å². The summed E-state index contributed by atoms with van der Waals surface area (Å²) in [4.78, 5) is 4.18. The molecule has 2 aromatic heterocycles. The summed E-state index contributed by atoms with van der Waals surface area (Å²) in [6.45, 7) is 0. The smallest absolute Gasteiger partial charge is 0.195 e. The van der Waals surface area contributed by atoms with E-state index in [0.29, 0.717) is 5.82 Å². The van der Waals surface area contributed by atoms with Crippen LogP contribution in [0.3, 0.4) is 0 Å². The van der Waals surface area contributed by atoms with Crippen LogP contribution in [0, 0.1) is 0 Å². The van der Waals surface area contributed by atoms with Crippen LogP contribution in [0.1, 0.15) is 0 Å². The second kappa shape index (κ2) is 3.21. The van der Waals surface area contributed by atoms with Crippen molar-refractivity contribution in [2.24, 2.45) is 0 Å². The van der Waals surface area contributed by atoms with Gasteiger partial charge in [-0.05, 0) is 6.26 Å². The topological polar surface area (TPSA) is 55.1 Å². The summed E-state index contributed by atoms with van der Waals surface area (Å²) in [5.41, 5.74) is 0.807. The third kappa shape index (κ3) is 1.23. The van der Waals surface area contributed by atoms with Gasteiger partial charge in [0.1, 0.15) is 0 Å². The zero-order chi connectivity index (χ0) is 9.26. The number of nitrogens with zero attached hydrogens (tertiary/aromatic N) is 4. The van der Waals surface area contributed by atoms with Gasteiger partial charge >= 0.3 is 0 Å². The summed E-state index contributed by atoms with van der Waals surface area (Å²) >= 11 is 1.54. The average Bonchev–Trinajstić information content (AvgIpc) is 2.64. The van der Waals surface area contributed by atoms with Gasteiger partial charge in [0.05, 0.1) is 0 Å². The number of aromatic nitrogens is 4. The Kier molecular flexibility index (Phi) is 2.05. The van der Waals surface area contributed by atoms with Crippen LogP contribution in [0.4, 0.5) is 5.82 Å². The molecule has 2 rings (SSSR count). The van der Waals surface area contributed by atoms with E-state index in [9.17, 15) is 0 Å². The molecule has 68 valence electrons. The van der Waals surface area contributed by atoms with Gasteiger partial charge in [0.25, 0.3) is 0 Å². The maximum atomic E-state index is 4.18. The van der Waals surface area contributed by atoms with Crippen molar-refractivity contribution in [1.82, 2.24) is 19.6 Å². The minimum Gasteiger partial charge on any atom is -0.369 e. The van der Waals surface area contributed by atoms with E-state index in [-0.39, 0.29) is 0 Å². The van der Waals surface area contributed by atoms with Crippen molar-refractivity contribution in [3.05, 3.63) is 12.4 Å². The Labute approximate surface area is 79.6 Å². The Bertz CT molecular complexity index is 386. The maximum absolute atomic E-state index is 4.18. The lowest BCUT2D eigenvalue weighted by Crippen LogP contribution is -2.02. The van der Waals surface area contributed by atoms with E-state index in [2.05, 4.69) is 20.5 Å². The first-order valence-electron chi connectivity index (χ1n) is 3.78. The predicted molar refractivity (Wildman–Crippen MR) is 52.1 cm³/mol. The van der Waals surface area contributed by atoms with Crippen molar-refractivity contribution in [1.29, 1.82) is 0 Å². The molecule has 0 spiro atoms. The minimum atomic E-state index is 0.697. The van der Waals surface area contributed by atoms with E-state index >= 15 is 0 Å². The lowest BCUT2D eigenvalue weighted by atomic mass is 10.6. The molecule has 0 aliphatic heterocycles. The molecular formula is C7H9N5S. The molecule has 13 heavy (non-hydrogen) atoms. The van der Waals surface area contributed by atoms with Crippen LogP contribution in [0.15, 0.2) is 17.6 Å². The number of anilines is 1. The Balaban J connectivity index is 2.74. The third-order valence-corrected chi connectivity index (χ3v) is 2.36. The molecule has 0 radical (unpaired) electrons. The largest absolute Gasteiger partial charge is 0.369 e. The molecule has 5 nitrogen and oxygen atoms in total. The van der Waals surface area contributed by atoms with Gasteiger partial charge in [-0.1, -0.05) is 11.8 Å². The van der Waals surface area contributed by atoms with Gasteiger partial charge in [-0.3, -0.25) is 4.40 Å². The molecule has 2 heterocycles. The third-order valence-electron chi connectivity index (χ3n) is 1.71. The van der Waals surface area contributed by atoms with Gasteiger partial charge in [-0.15, -0.1) is 10.2 Å². The highest BCUT2D eigenvalue weighted by Crippen LogP contribution is 2.16.